The Morgan fingerprint density at radius 3 is 2.12 bits per heavy atom. The van der Waals surface area contributed by atoms with Gasteiger partial charge in [0.05, 0.1) is 36.5 Å². The molecule has 14 heteroatoms. The number of methoxy groups -OCH3 is 2. The van der Waals surface area contributed by atoms with Crippen LogP contribution in [0.5, 0.6) is 11.5 Å². The van der Waals surface area contributed by atoms with Crippen LogP contribution in [0.3, 0.4) is 0 Å². The van der Waals surface area contributed by atoms with E-state index in [0.29, 0.717) is 44.5 Å². The molecule has 0 bridgehead atoms. The third-order valence-electron chi connectivity index (χ3n) is 8.12. The Morgan fingerprint density at radius 1 is 0.768 bits per heavy atom. The summed E-state index contributed by atoms with van der Waals surface area (Å²) in [4.78, 5) is 67.6. The van der Waals surface area contributed by atoms with Gasteiger partial charge in [0.2, 0.25) is 5.91 Å². The van der Waals surface area contributed by atoms with Gasteiger partial charge in [0, 0.05) is 21.8 Å². The van der Waals surface area contributed by atoms with Crippen LogP contribution in [0.15, 0.2) is 114 Å². The van der Waals surface area contributed by atoms with Gasteiger partial charge in [-0.25, -0.2) is 4.79 Å². The summed E-state index contributed by atoms with van der Waals surface area (Å²) < 4.78 is 16.0. The molecule has 0 aliphatic rings. The van der Waals surface area contributed by atoms with Gasteiger partial charge in [0.25, 0.3) is 17.7 Å². The number of nitrogens with one attached hydrogen (secondary N) is 4. The number of hydrogen-bond acceptors (Lipinski definition) is 10. The highest BCUT2D eigenvalue weighted by Gasteiger charge is 2.28. The van der Waals surface area contributed by atoms with Crippen LogP contribution >= 0.6 is 23.1 Å². The lowest BCUT2D eigenvalue weighted by atomic mass is 10.1. The molecule has 0 fully saturated rings. The first-order chi connectivity index (χ1) is 27.0. The zero-order valence-corrected chi connectivity index (χ0v) is 32.9. The van der Waals surface area contributed by atoms with Gasteiger partial charge >= 0.3 is 5.97 Å². The number of carbonyl (C=O) groups excluding carboxylic acids is 5. The van der Waals surface area contributed by atoms with E-state index in [2.05, 4.69) is 21.3 Å². The molecule has 4 N–H and O–H groups in total. The van der Waals surface area contributed by atoms with E-state index < -0.39 is 34.8 Å². The second kappa shape index (κ2) is 19.3. The van der Waals surface area contributed by atoms with Gasteiger partial charge in [-0.1, -0.05) is 48.5 Å². The van der Waals surface area contributed by atoms with Crippen molar-refractivity contribution in [3.8, 4) is 11.5 Å². The molecule has 0 aliphatic carbocycles. The molecule has 1 heterocycles. The maximum Gasteiger partial charge on any atom is 0.341 e. The summed E-state index contributed by atoms with van der Waals surface area (Å²) in [5.41, 5.74) is 2.40. The van der Waals surface area contributed by atoms with Crippen LogP contribution in [0.25, 0.3) is 6.08 Å². The molecule has 0 spiro atoms. The fourth-order valence-corrected chi connectivity index (χ4v) is 7.36. The lowest BCUT2D eigenvalue weighted by molar-refractivity contribution is -0.115. The van der Waals surface area contributed by atoms with Crippen LogP contribution in [0, 0.1) is 6.92 Å². The Bertz CT molecular complexity index is 2260. The van der Waals surface area contributed by atoms with Gasteiger partial charge in [-0.15, -0.1) is 23.1 Å². The molecule has 0 radical (unpaired) electrons. The average Bonchev–Trinajstić information content (AvgIpc) is 3.53. The van der Waals surface area contributed by atoms with Gasteiger partial charge in [0.1, 0.15) is 10.7 Å². The SMILES string of the molecule is CCOC(=O)c1c(NC(=O)C(C)Sc2cccc(NC(=O)/C(=C\c3ccc(OC)c(OC)c3)NC(=O)c3ccccc3)c2)sc(C(=O)Nc2ccccc2)c1C. The lowest BCUT2D eigenvalue weighted by Crippen LogP contribution is -2.30. The molecular formula is C42H40N4O8S2. The topological polar surface area (TPSA) is 161 Å². The van der Waals surface area contributed by atoms with Crippen LogP contribution < -0.4 is 30.7 Å². The number of carbonyl (C=O) groups is 5. The predicted molar refractivity (Wildman–Crippen MR) is 220 cm³/mol. The number of thioether (sulfide) groups is 1. The van der Waals surface area contributed by atoms with E-state index in [4.69, 9.17) is 14.2 Å². The number of ether oxygens (including phenoxy) is 3. The first-order valence-corrected chi connectivity index (χ1v) is 19.1. The predicted octanol–water partition coefficient (Wildman–Crippen LogP) is 8.03. The van der Waals surface area contributed by atoms with Crippen molar-refractivity contribution >= 4 is 75.1 Å². The molecule has 4 aromatic carbocycles. The van der Waals surface area contributed by atoms with Crippen molar-refractivity contribution < 1.29 is 38.2 Å². The van der Waals surface area contributed by atoms with Crippen molar-refractivity contribution in [2.24, 2.45) is 0 Å². The molecule has 1 unspecified atom stereocenters. The summed E-state index contributed by atoms with van der Waals surface area (Å²) in [7, 11) is 3.02. The molecular weight excluding hydrogens is 753 g/mol. The highest BCUT2D eigenvalue weighted by molar-refractivity contribution is 8.00. The van der Waals surface area contributed by atoms with Gasteiger partial charge in [0.15, 0.2) is 11.5 Å². The van der Waals surface area contributed by atoms with Crippen molar-refractivity contribution in [2.75, 3.05) is 36.8 Å². The van der Waals surface area contributed by atoms with Crippen molar-refractivity contribution in [1.82, 2.24) is 5.32 Å². The Hall–Kier alpha value is -6.38. The zero-order valence-electron chi connectivity index (χ0n) is 31.3. The molecule has 1 aromatic heterocycles. The number of thiophene rings is 1. The number of anilines is 3. The highest BCUT2D eigenvalue weighted by atomic mass is 32.2. The molecule has 0 saturated heterocycles. The quantitative estimate of drug-likeness (QED) is 0.0467. The number of benzene rings is 4. The van der Waals surface area contributed by atoms with Crippen LogP contribution in [0.2, 0.25) is 0 Å². The van der Waals surface area contributed by atoms with E-state index in [9.17, 15) is 24.0 Å². The molecule has 1 atom stereocenters. The molecule has 288 valence electrons. The summed E-state index contributed by atoms with van der Waals surface area (Å²) in [6.07, 6.45) is 1.52. The van der Waals surface area contributed by atoms with E-state index in [1.807, 2.05) is 6.07 Å². The Labute approximate surface area is 332 Å². The van der Waals surface area contributed by atoms with Crippen LogP contribution in [0.1, 0.15) is 55.4 Å². The smallest absolute Gasteiger partial charge is 0.341 e. The van der Waals surface area contributed by atoms with Crippen molar-refractivity contribution in [2.45, 2.75) is 30.9 Å². The van der Waals surface area contributed by atoms with E-state index in [0.717, 1.165) is 11.3 Å². The summed E-state index contributed by atoms with van der Waals surface area (Å²) in [5.74, 6) is -1.63. The monoisotopic (exact) mass is 792 g/mol. The van der Waals surface area contributed by atoms with Crippen molar-refractivity contribution in [1.29, 1.82) is 0 Å². The number of rotatable bonds is 15. The van der Waals surface area contributed by atoms with E-state index in [-0.39, 0.29) is 27.7 Å². The molecule has 12 nitrogen and oxygen atoms in total. The Morgan fingerprint density at radius 2 is 1.45 bits per heavy atom. The van der Waals surface area contributed by atoms with E-state index >= 15 is 0 Å². The second-order valence-electron chi connectivity index (χ2n) is 12.0. The van der Waals surface area contributed by atoms with Crippen molar-refractivity contribution in [3.63, 3.8) is 0 Å². The molecule has 5 rings (SSSR count). The molecule has 5 aromatic rings. The van der Waals surface area contributed by atoms with Gasteiger partial charge in [-0.2, -0.15) is 0 Å². The van der Waals surface area contributed by atoms with Gasteiger partial charge in [-0.3, -0.25) is 19.2 Å². The number of esters is 1. The average molecular weight is 793 g/mol. The number of para-hydroxylation sites is 1. The summed E-state index contributed by atoms with van der Waals surface area (Å²) in [6, 6.07) is 29.4. The lowest BCUT2D eigenvalue weighted by Gasteiger charge is -2.14. The van der Waals surface area contributed by atoms with Crippen LogP contribution in [-0.4, -0.2) is 55.7 Å². The first kappa shape index (κ1) is 40.8. The molecule has 0 aliphatic heterocycles. The third kappa shape index (κ3) is 10.4. The van der Waals surface area contributed by atoms with Crippen LogP contribution in [0.4, 0.5) is 16.4 Å². The Balaban J connectivity index is 1.32. The fraction of sp³-hybridized carbons (Fsp3) is 0.167. The van der Waals surface area contributed by atoms with E-state index in [1.165, 1.54) is 32.1 Å². The van der Waals surface area contributed by atoms with Gasteiger partial charge in [-0.05, 0) is 92.6 Å². The molecule has 4 amide bonds. The number of amides is 4. The second-order valence-corrected chi connectivity index (χ2v) is 14.5. The first-order valence-electron chi connectivity index (χ1n) is 17.4. The minimum absolute atomic E-state index is 0.0302. The fourth-order valence-electron chi connectivity index (χ4n) is 5.34. The normalized spacial score (nSPS) is 11.5. The molecule has 56 heavy (non-hydrogen) atoms. The standard InChI is InChI=1S/C42H40N4O8S2/c1-6-54-42(51)35-25(2)36(40(50)43-29-16-11-8-12-17-29)56-41(35)46-37(47)26(3)55-31-19-13-18-30(24-31)44-39(49)32(45-38(48)28-14-9-7-10-15-28)22-27-20-21-33(52-4)34(23-27)53-5/h7-24,26H,6H2,1-5H3,(H,43,50)(H,44,49)(H,45,48)(H,46,47)/b32-22+. The maximum absolute atomic E-state index is 13.7. The minimum Gasteiger partial charge on any atom is -0.493 e. The maximum atomic E-state index is 13.7. The number of hydrogen-bond donors (Lipinski definition) is 4. The largest absolute Gasteiger partial charge is 0.493 e. The highest BCUT2D eigenvalue weighted by Crippen LogP contribution is 2.36. The Kier molecular flexibility index (Phi) is 14.0. The van der Waals surface area contributed by atoms with Gasteiger partial charge < -0.3 is 35.5 Å². The summed E-state index contributed by atoms with van der Waals surface area (Å²) in [6.45, 7) is 5.12. The zero-order chi connectivity index (χ0) is 40.2. The minimum atomic E-state index is -0.675. The summed E-state index contributed by atoms with van der Waals surface area (Å²) >= 11 is 2.21. The summed E-state index contributed by atoms with van der Waals surface area (Å²) in [5, 5.41) is 10.7. The third-order valence-corrected chi connectivity index (χ3v) is 10.4. The van der Waals surface area contributed by atoms with Crippen LogP contribution in [-0.2, 0) is 14.3 Å². The molecule has 0 saturated carbocycles. The van der Waals surface area contributed by atoms with E-state index in [1.54, 1.807) is 118 Å². The van der Waals surface area contributed by atoms with Crippen molar-refractivity contribution in [3.05, 3.63) is 136 Å².